The third-order valence-electron chi connectivity index (χ3n) is 5.13. The number of carbonyl (C=O) groups is 2. The molecule has 1 fully saturated rings. The zero-order chi connectivity index (χ0) is 20.4. The van der Waals surface area contributed by atoms with Gasteiger partial charge in [-0.1, -0.05) is 0 Å². The van der Waals surface area contributed by atoms with Gasteiger partial charge in [-0.15, -0.1) is 10.2 Å². The standard InChI is InChI=1S/C19H21FN6O3/c20-13-4-6-14(7-5-13)25-11-12-26-18(29)16(22-23-19(25)26)17(28)21-8-2-10-24-9-1-3-15(24)27/h4-7H,1-3,8-12H2,(H,21,28). The molecule has 3 heterocycles. The van der Waals surface area contributed by atoms with Crippen molar-refractivity contribution in [2.24, 2.45) is 0 Å². The van der Waals surface area contributed by atoms with E-state index >= 15 is 0 Å². The highest BCUT2D eigenvalue weighted by atomic mass is 19.1. The lowest BCUT2D eigenvalue weighted by atomic mass is 10.3. The van der Waals surface area contributed by atoms with Crippen LogP contribution in [0.1, 0.15) is 29.8 Å². The maximum absolute atomic E-state index is 13.1. The topological polar surface area (TPSA) is 100 Å². The van der Waals surface area contributed by atoms with Crippen molar-refractivity contribution in [1.82, 2.24) is 25.0 Å². The molecule has 10 heteroatoms. The molecule has 1 aromatic carbocycles. The smallest absolute Gasteiger partial charge is 0.286 e. The number of halogens is 1. The van der Waals surface area contributed by atoms with E-state index in [-0.39, 0.29) is 17.4 Å². The van der Waals surface area contributed by atoms with Crippen LogP contribution in [0.2, 0.25) is 0 Å². The van der Waals surface area contributed by atoms with Crippen molar-refractivity contribution in [3.8, 4) is 0 Å². The number of hydrogen-bond donors (Lipinski definition) is 1. The van der Waals surface area contributed by atoms with Crippen molar-refractivity contribution in [3.05, 3.63) is 46.1 Å². The van der Waals surface area contributed by atoms with E-state index in [0.29, 0.717) is 50.7 Å². The van der Waals surface area contributed by atoms with E-state index in [1.165, 1.54) is 16.7 Å². The van der Waals surface area contributed by atoms with Crippen LogP contribution in [-0.4, -0.2) is 57.7 Å². The molecule has 2 aliphatic rings. The first kappa shape index (κ1) is 19.0. The first-order valence-corrected chi connectivity index (χ1v) is 9.61. The number of anilines is 2. The second-order valence-electron chi connectivity index (χ2n) is 7.03. The summed E-state index contributed by atoms with van der Waals surface area (Å²) in [6, 6.07) is 5.87. The maximum atomic E-state index is 13.1. The van der Waals surface area contributed by atoms with Crippen molar-refractivity contribution >= 4 is 23.5 Å². The number of fused-ring (bicyclic) bond motifs is 1. The third kappa shape index (κ3) is 3.82. The Morgan fingerprint density at radius 3 is 2.62 bits per heavy atom. The SMILES string of the molecule is O=C(NCCCN1CCCC1=O)c1nnc2n(c1=O)CCN2c1ccc(F)cc1. The predicted octanol–water partition coefficient (Wildman–Crippen LogP) is 0.671. The minimum Gasteiger partial charge on any atom is -0.350 e. The quantitative estimate of drug-likeness (QED) is 0.716. The Morgan fingerprint density at radius 1 is 1.10 bits per heavy atom. The average molecular weight is 400 g/mol. The van der Waals surface area contributed by atoms with Crippen LogP contribution in [0.25, 0.3) is 0 Å². The summed E-state index contributed by atoms with van der Waals surface area (Å²) in [7, 11) is 0. The summed E-state index contributed by atoms with van der Waals surface area (Å²) >= 11 is 0. The summed E-state index contributed by atoms with van der Waals surface area (Å²) in [5, 5.41) is 10.6. The molecule has 0 spiro atoms. The van der Waals surface area contributed by atoms with E-state index in [2.05, 4.69) is 15.5 Å². The Morgan fingerprint density at radius 2 is 1.90 bits per heavy atom. The Balaban J connectivity index is 1.40. The van der Waals surface area contributed by atoms with Crippen LogP contribution in [0.5, 0.6) is 0 Å². The summed E-state index contributed by atoms with van der Waals surface area (Å²) in [6.45, 7) is 2.52. The second kappa shape index (κ2) is 7.98. The fourth-order valence-electron chi connectivity index (χ4n) is 3.62. The van der Waals surface area contributed by atoms with Gasteiger partial charge in [-0.05, 0) is 37.1 Å². The highest BCUT2D eigenvalue weighted by Crippen LogP contribution is 2.26. The normalized spacial score (nSPS) is 15.7. The first-order valence-electron chi connectivity index (χ1n) is 9.61. The Kier molecular flexibility index (Phi) is 5.24. The van der Waals surface area contributed by atoms with E-state index in [9.17, 15) is 18.8 Å². The van der Waals surface area contributed by atoms with Gasteiger partial charge in [0.05, 0.1) is 0 Å². The molecular weight excluding hydrogens is 379 g/mol. The van der Waals surface area contributed by atoms with Gasteiger partial charge >= 0.3 is 0 Å². The van der Waals surface area contributed by atoms with Gasteiger partial charge in [0.2, 0.25) is 17.5 Å². The van der Waals surface area contributed by atoms with Crippen LogP contribution in [-0.2, 0) is 11.3 Å². The number of aromatic nitrogens is 3. The van der Waals surface area contributed by atoms with Crippen molar-refractivity contribution in [1.29, 1.82) is 0 Å². The van der Waals surface area contributed by atoms with Crippen LogP contribution in [0.4, 0.5) is 16.0 Å². The van der Waals surface area contributed by atoms with Gasteiger partial charge in [-0.2, -0.15) is 0 Å². The van der Waals surface area contributed by atoms with E-state index in [0.717, 1.165) is 13.0 Å². The first-order chi connectivity index (χ1) is 14.0. The van der Waals surface area contributed by atoms with E-state index in [1.54, 1.807) is 21.9 Å². The molecular formula is C19H21FN6O3. The molecule has 9 nitrogen and oxygen atoms in total. The molecule has 0 aliphatic carbocycles. The zero-order valence-electron chi connectivity index (χ0n) is 15.8. The summed E-state index contributed by atoms with van der Waals surface area (Å²) in [5.74, 6) is -0.459. The molecule has 1 saturated heterocycles. The lowest BCUT2D eigenvalue weighted by Crippen LogP contribution is -2.36. The summed E-state index contributed by atoms with van der Waals surface area (Å²) < 4.78 is 14.5. The molecule has 29 heavy (non-hydrogen) atoms. The molecule has 152 valence electrons. The van der Waals surface area contributed by atoms with Crippen LogP contribution in [0, 0.1) is 5.82 Å². The van der Waals surface area contributed by atoms with Crippen molar-refractivity contribution in [2.75, 3.05) is 31.1 Å². The number of benzene rings is 1. The summed E-state index contributed by atoms with van der Waals surface area (Å²) in [4.78, 5) is 40.1. The summed E-state index contributed by atoms with van der Waals surface area (Å²) in [5.41, 5.74) is -0.0706. The molecule has 0 bridgehead atoms. The molecule has 0 atom stereocenters. The van der Waals surface area contributed by atoms with Crippen molar-refractivity contribution in [2.45, 2.75) is 25.8 Å². The fraction of sp³-hybridized carbons (Fsp3) is 0.421. The molecule has 1 N–H and O–H groups in total. The molecule has 2 aromatic rings. The highest BCUT2D eigenvalue weighted by molar-refractivity contribution is 5.91. The van der Waals surface area contributed by atoms with Crippen LogP contribution < -0.4 is 15.8 Å². The van der Waals surface area contributed by atoms with Gasteiger partial charge < -0.3 is 15.1 Å². The minimum atomic E-state index is -0.578. The van der Waals surface area contributed by atoms with E-state index in [4.69, 9.17) is 0 Å². The van der Waals surface area contributed by atoms with Gasteiger partial charge in [0.25, 0.3) is 11.5 Å². The average Bonchev–Trinajstić information content (AvgIpc) is 3.33. The molecule has 1 aromatic heterocycles. The van der Waals surface area contributed by atoms with Crippen molar-refractivity contribution in [3.63, 3.8) is 0 Å². The molecule has 0 unspecified atom stereocenters. The van der Waals surface area contributed by atoms with Gasteiger partial charge in [0, 0.05) is 44.8 Å². The Bertz CT molecular complexity index is 990. The van der Waals surface area contributed by atoms with Crippen LogP contribution >= 0.6 is 0 Å². The number of hydrogen-bond acceptors (Lipinski definition) is 6. The van der Waals surface area contributed by atoms with Crippen LogP contribution in [0.3, 0.4) is 0 Å². The molecule has 0 radical (unpaired) electrons. The summed E-state index contributed by atoms with van der Waals surface area (Å²) in [6.07, 6.45) is 2.07. The zero-order valence-corrected chi connectivity index (χ0v) is 15.8. The Hall–Kier alpha value is -3.30. The predicted molar refractivity (Wildman–Crippen MR) is 102 cm³/mol. The van der Waals surface area contributed by atoms with Gasteiger partial charge in [0.1, 0.15) is 5.82 Å². The Labute approximate surface area is 166 Å². The number of nitrogens with zero attached hydrogens (tertiary/aromatic N) is 5. The van der Waals surface area contributed by atoms with E-state index < -0.39 is 11.5 Å². The van der Waals surface area contributed by atoms with E-state index in [1.807, 2.05) is 0 Å². The fourth-order valence-corrected chi connectivity index (χ4v) is 3.62. The number of rotatable bonds is 6. The number of amides is 2. The molecule has 2 aliphatic heterocycles. The van der Waals surface area contributed by atoms with Crippen LogP contribution in [0.15, 0.2) is 29.1 Å². The molecule has 2 amide bonds. The van der Waals surface area contributed by atoms with Gasteiger partial charge in [-0.25, -0.2) is 4.39 Å². The molecule has 0 saturated carbocycles. The second-order valence-corrected chi connectivity index (χ2v) is 7.03. The monoisotopic (exact) mass is 400 g/mol. The third-order valence-corrected chi connectivity index (χ3v) is 5.13. The number of carbonyl (C=O) groups excluding carboxylic acids is 2. The number of nitrogens with one attached hydrogen (secondary N) is 1. The lowest BCUT2D eigenvalue weighted by Gasteiger charge is -2.16. The number of likely N-dealkylation sites (tertiary alicyclic amines) is 1. The largest absolute Gasteiger partial charge is 0.350 e. The van der Waals surface area contributed by atoms with Gasteiger partial charge in [-0.3, -0.25) is 19.0 Å². The highest BCUT2D eigenvalue weighted by Gasteiger charge is 2.27. The lowest BCUT2D eigenvalue weighted by molar-refractivity contribution is -0.127. The van der Waals surface area contributed by atoms with Gasteiger partial charge in [0.15, 0.2) is 0 Å². The maximum Gasteiger partial charge on any atom is 0.286 e. The minimum absolute atomic E-state index is 0.143. The molecule has 4 rings (SSSR count). The van der Waals surface area contributed by atoms with Crippen molar-refractivity contribution < 1.29 is 14.0 Å².